The highest BCUT2D eigenvalue weighted by Crippen LogP contribution is 2.38. The lowest BCUT2D eigenvalue weighted by Crippen LogP contribution is -2.23. The summed E-state index contributed by atoms with van der Waals surface area (Å²) in [5.74, 6) is 2.03. The molecule has 2 aliphatic carbocycles. The number of ether oxygens (including phenoxy) is 1. The summed E-state index contributed by atoms with van der Waals surface area (Å²) < 4.78 is 6.31. The smallest absolute Gasteiger partial charge is 0.123 e. The Morgan fingerprint density at radius 2 is 1.89 bits per heavy atom. The predicted octanol–water partition coefficient (Wildman–Crippen LogP) is 3.85. The Labute approximate surface area is 116 Å². The molecule has 1 fully saturated rings. The van der Waals surface area contributed by atoms with E-state index < -0.39 is 0 Å². The van der Waals surface area contributed by atoms with Gasteiger partial charge in [0.05, 0.1) is 6.10 Å². The van der Waals surface area contributed by atoms with Crippen LogP contribution in [0.2, 0.25) is 0 Å². The van der Waals surface area contributed by atoms with Gasteiger partial charge >= 0.3 is 0 Å². The maximum absolute atomic E-state index is 6.31. The molecule has 1 atom stereocenters. The normalized spacial score (nSPS) is 30.1. The van der Waals surface area contributed by atoms with Gasteiger partial charge in [-0.15, -0.1) is 0 Å². The molecule has 19 heavy (non-hydrogen) atoms. The van der Waals surface area contributed by atoms with Gasteiger partial charge in [0.1, 0.15) is 5.75 Å². The molecule has 0 heterocycles. The average Bonchev–Trinajstić information content (AvgIpc) is 2.85. The van der Waals surface area contributed by atoms with Crippen molar-refractivity contribution in [3.05, 3.63) is 29.3 Å². The molecule has 1 aromatic carbocycles. The highest BCUT2D eigenvalue weighted by atomic mass is 16.5. The van der Waals surface area contributed by atoms with E-state index in [0.717, 1.165) is 18.1 Å². The molecule has 2 nitrogen and oxygen atoms in total. The van der Waals surface area contributed by atoms with E-state index in [4.69, 9.17) is 4.74 Å². The fourth-order valence-electron chi connectivity index (χ4n) is 3.56. The van der Waals surface area contributed by atoms with Crippen LogP contribution in [0.15, 0.2) is 18.2 Å². The summed E-state index contributed by atoms with van der Waals surface area (Å²) in [6.45, 7) is 2.36. The highest BCUT2D eigenvalue weighted by molar-refractivity contribution is 5.45. The molecular weight excluding hydrogens is 234 g/mol. The van der Waals surface area contributed by atoms with Crippen LogP contribution >= 0.6 is 0 Å². The van der Waals surface area contributed by atoms with Gasteiger partial charge in [-0.1, -0.05) is 19.1 Å². The topological polar surface area (TPSA) is 21.3 Å². The van der Waals surface area contributed by atoms with Gasteiger partial charge in [0, 0.05) is 6.04 Å². The van der Waals surface area contributed by atoms with E-state index in [1.807, 2.05) is 0 Å². The Bertz CT molecular complexity index is 435. The van der Waals surface area contributed by atoms with Crippen LogP contribution in [-0.2, 0) is 6.42 Å². The number of rotatable bonds is 3. The van der Waals surface area contributed by atoms with Gasteiger partial charge in [-0.3, -0.25) is 0 Å². The molecule has 1 unspecified atom stereocenters. The summed E-state index contributed by atoms with van der Waals surface area (Å²) in [6.07, 6.45) is 7.88. The van der Waals surface area contributed by atoms with E-state index in [0.29, 0.717) is 12.1 Å². The fraction of sp³-hybridized carbons (Fsp3) is 0.647. The molecule has 0 spiro atoms. The summed E-state index contributed by atoms with van der Waals surface area (Å²) in [6, 6.07) is 7.08. The molecule has 0 aliphatic heterocycles. The molecule has 0 bridgehead atoms. The minimum atomic E-state index is 0.441. The molecule has 2 aliphatic rings. The van der Waals surface area contributed by atoms with Crippen molar-refractivity contribution in [2.45, 2.75) is 57.6 Å². The second-order valence-corrected chi connectivity index (χ2v) is 6.20. The minimum absolute atomic E-state index is 0.441. The van der Waals surface area contributed by atoms with Crippen molar-refractivity contribution < 1.29 is 4.74 Å². The lowest BCUT2D eigenvalue weighted by atomic mass is 9.89. The van der Waals surface area contributed by atoms with Gasteiger partial charge < -0.3 is 10.1 Å². The number of fused-ring (bicyclic) bond motifs is 1. The summed E-state index contributed by atoms with van der Waals surface area (Å²) >= 11 is 0. The first-order valence-electron chi connectivity index (χ1n) is 7.73. The molecule has 0 aromatic heterocycles. The van der Waals surface area contributed by atoms with Crippen molar-refractivity contribution in [1.82, 2.24) is 5.32 Å². The molecule has 3 rings (SSSR count). The summed E-state index contributed by atoms with van der Waals surface area (Å²) in [4.78, 5) is 0. The lowest BCUT2D eigenvalue weighted by molar-refractivity contribution is 0.134. The minimum Gasteiger partial charge on any atom is -0.490 e. The second kappa shape index (κ2) is 5.54. The van der Waals surface area contributed by atoms with Gasteiger partial charge in [0.15, 0.2) is 0 Å². The van der Waals surface area contributed by atoms with Gasteiger partial charge in [0.2, 0.25) is 0 Å². The van der Waals surface area contributed by atoms with E-state index >= 15 is 0 Å². The second-order valence-electron chi connectivity index (χ2n) is 6.20. The van der Waals surface area contributed by atoms with Crippen LogP contribution in [0.25, 0.3) is 0 Å². The Balaban J connectivity index is 1.74. The van der Waals surface area contributed by atoms with E-state index in [1.165, 1.54) is 43.2 Å². The molecule has 0 saturated heterocycles. The summed E-state index contributed by atoms with van der Waals surface area (Å²) in [5, 5.41) is 3.40. The standard InChI is InChI=1S/C17H25NO/c1-12-6-8-13(9-7-12)19-17-5-3-4-14-15(17)10-11-16(14)18-2/h3-5,12-13,16,18H,6-11H2,1-2H3. The molecule has 1 saturated carbocycles. The van der Waals surface area contributed by atoms with E-state index in [-0.39, 0.29) is 0 Å². The Morgan fingerprint density at radius 1 is 1.11 bits per heavy atom. The first-order valence-corrected chi connectivity index (χ1v) is 7.73. The van der Waals surface area contributed by atoms with Crippen molar-refractivity contribution in [2.24, 2.45) is 5.92 Å². The molecule has 1 N–H and O–H groups in total. The van der Waals surface area contributed by atoms with Gasteiger partial charge in [0.25, 0.3) is 0 Å². The van der Waals surface area contributed by atoms with E-state index in [1.54, 1.807) is 0 Å². The SMILES string of the molecule is CNC1CCc2c(OC3CCC(C)CC3)cccc21. The number of nitrogens with one attached hydrogen (secondary N) is 1. The zero-order valence-corrected chi connectivity index (χ0v) is 12.1. The molecule has 2 heteroatoms. The van der Waals surface area contributed by atoms with Crippen LogP contribution < -0.4 is 10.1 Å². The maximum Gasteiger partial charge on any atom is 0.123 e. The molecule has 104 valence electrons. The van der Waals surface area contributed by atoms with E-state index in [2.05, 4.69) is 37.5 Å². The average molecular weight is 259 g/mol. The quantitative estimate of drug-likeness (QED) is 0.890. The first-order chi connectivity index (χ1) is 9.28. The maximum atomic E-state index is 6.31. The summed E-state index contributed by atoms with van der Waals surface area (Å²) in [5.41, 5.74) is 2.89. The molecule has 0 radical (unpaired) electrons. The van der Waals surface area contributed by atoms with Crippen molar-refractivity contribution >= 4 is 0 Å². The number of benzene rings is 1. The van der Waals surface area contributed by atoms with Crippen LogP contribution in [-0.4, -0.2) is 13.2 Å². The largest absolute Gasteiger partial charge is 0.490 e. The summed E-state index contributed by atoms with van der Waals surface area (Å²) in [7, 11) is 2.05. The molecule has 0 amide bonds. The lowest BCUT2D eigenvalue weighted by Gasteiger charge is -2.27. The monoisotopic (exact) mass is 259 g/mol. The van der Waals surface area contributed by atoms with Gasteiger partial charge in [-0.05, 0) is 68.7 Å². The van der Waals surface area contributed by atoms with Crippen LogP contribution in [0.5, 0.6) is 5.75 Å². The van der Waals surface area contributed by atoms with E-state index in [9.17, 15) is 0 Å². The van der Waals surface area contributed by atoms with Gasteiger partial charge in [-0.2, -0.15) is 0 Å². The van der Waals surface area contributed by atoms with Crippen molar-refractivity contribution in [3.63, 3.8) is 0 Å². The fourth-order valence-corrected chi connectivity index (χ4v) is 3.56. The zero-order chi connectivity index (χ0) is 13.2. The third kappa shape index (κ3) is 2.64. The molecular formula is C17H25NO. The third-order valence-corrected chi connectivity index (χ3v) is 4.83. The predicted molar refractivity (Wildman–Crippen MR) is 78.6 cm³/mol. The van der Waals surface area contributed by atoms with Crippen molar-refractivity contribution in [2.75, 3.05) is 7.05 Å². The van der Waals surface area contributed by atoms with Crippen LogP contribution in [0.4, 0.5) is 0 Å². The van der Waals surface area contributed by atoms with Crippen LogP contribution in [0, 0.1) is 5.92 Å². The number of hydrogen-bond donors (Lipinski definition) is 1. The Hall–Kier alpha value is -1.02. The zero-order valence-electron chi connectivity index (χ0n) is 12.1. The van der Waals surface area contributed by atoms with Crippen molar-refractivity contribution in [3.8, 4) is 5.75 Å². The Kier molecular flexibility index (Phi) is 3.79. The van der Waals surface area contributed by atoms with Crippen LogP contribution in [0.3, 0.4) is 0 Å². The first kappa shape index (κ1) is 13.0. The third-order valence-electron chi connectivity index (χ3n) is 4.83. The molecule has 1 aromatic rings. The highest BCUT2D eigenvalue weighted by Gasteiger charge is 2.26. The van der Waals surface area contributed by atoms with Crippen LogP contribution in [0.1, 0.15) is 56.2 Å². The van der Waals surface area contributed by atoms with Gasteiger partial charge in [-0.25, -0.2) is 0 Å². The Morgan fingerprint density at radius 3 is 2.63 bits per heavy atom. The van der Waals surface area contributed by atoms with Crippen molar-refractivity contribution in [1.29, 1.82) is 0 Å². The number of hydrogen-bond acceptors (Lipinski definition) is 2.